The monoisotopic (exact) mass is 227 g/mol. The van der Waals surface area contributed by atoms with E-state index in [-0.39, 0.29) is 0 Å². The van der Waals surface area contributed by atoms with Gasteiger partial charge in [0.05, 0.1) is 0 Å². The van der Waals surface area contributed by atoms with E-state index in [1.807, 2.05) is 6.20 Å². The number of hydrogen-bond donors (Lipinski definition) is 2. The highest BCUT2D eigenvalue weighted by Crippen LogP contribution is 2.10. The molecule has 1 aromatic rings. The van der Waals surface area contributed by atoms with E-state index in [4.69, 9.17) is 5.73 Å². The van der Waals surface area contributed by atoms with Crippen LogP contribution >= 0.6 is 11.3 Å². The maximum absolute atomic E-state index is 5.67. The molecule has 1 rings (SSSR count). The predicted molar refractivity (Wildman–Crippen MR) is 66.1 cm³/mol. The third-order valence-electron chi connectivity index (χ3n) is 2.21. The standard InChI is InChI=1S/C11H21N3S/c1-9(12)5-3-4-6-13-8-11-14-7-10(2)15-11/h7,9,13H,3-6,8,12H2,1-2H3. The average Bonchev–Trinajstić information content (AvgIpc) is 2.57. The van der Waals surface area contributed by atoms with Gasteiger partial charge in [-0.2, -0.15) is 0 Å². The first-order valence-electron chi connectivity index (χ1n) is 5.56. The largest absolute Gasteiger partial charge is 0.328 e. The minimum absolute atomic E-state index is 0.339. The first kappa shape index (κ1) is 12.6. The van der Waals surface area contributed by atoms with E-state index >= 15 is 0 Å². The van der Waals surface area contributed by atoms with Crippen molar-refractivity contribution in [2.45, 2.75) is 45.7 Å². The van der Waals surface area contributed by atoms with Crippen molar-refractivity contribution in [2.24, 2.45) is 5.73 Å². The number of rotatable bonds is 7. The van der Waals surface area contributed by atoms with Gasteiger partial charge < -0.3 is 11.1 Å². The summed E-state index contributed by atoms with van der Waals surface area (Å²) in [5, 5.41) is 4.58. The number of aromatic nitrogens is 1. The maximum atomic E-state index is 5.67. The third kappa shape index (κ3) is 5.87. The Morgan fingerprint density at radius 3 is 2.93 bits per heavy atom. The van der Waals surface area contributed by atoms with E-state index in [1.165, 1.54) is 22.7 Å². The smallest absolute Gasteiger partial charge is 0.107 e. The quantitative estimate of drug-likeness (QED) is 0.701. The summed E-state index contributed by atoms with van der Waals surface area (Å²) in [6.07, 6.45) is 5.46. The van der Waals surface area contributed by atoms with Gasteiger partial charge in [0.2, 0.25) is 0 Å². The second-order valence-corrected chi connectivity index (χ2v) is 5.33. The summed E-state index contributed by atoms with van der Waals surface area (Å²) in [6.45, 7) is 6.11. The molecule has 1 unspecified atom stereocenters. The van der Waals surface area contributed by atoms with Gasteiger partial charge in [-0.1, -0.05) is 6.42 Å². The molecular formula is C11H21N3S. The Labute approximate surface area is 96.1 Å². The fourth-order valence-electron chi connectivity index (χ4n) is 1.39. The van der Waals surface area contributed by atoms with Gasteiger partial charge in [-0.15, -0.1) is 11.3 Å². The molecule has 0 saturated heterocycles. The van der Waals surface area contributed by atoms with Crippen molar-refractivity contribution < 1.29 is 0 Å². The van der Waals surface area contributed by atoms with Crippen LogP contribution in [-0.2, 0) is 6.54 Å². The SMILES string of the molecule is Cc1cnc(CNCCCCC(C)N)s1. The van der Waals surface area contributed by atoms with Gasteiger partial charge in [0.1, 0.15) is 5.01 Å². The fourth-order valence-corrected chi connectivity index (χ4v) is 2.15. The van der Waals surface area contributed by atoms with Crippen LogP contribution in [0.3, 0.4) is 0 Å². The Kier molecular flexibility index (Phi) is 5.83. The van der Waals surface area contributed by atoms with Crippen molar-refractivity contribution >= 4 is 11.3 Å². The molecule has 0 amide bonds. The fraction of sp³-hybridized carbons (Fsp3) is 0.727. The van der Waals surface area contributed by atoms with Crippen LogP contribution in [0.5, 0.6) is 0 Å². The molecule has 15 heavy (non-hydrogen) atoms. The molecule has 0 fully saturated rings. The summed E-state index contributed by atoms with van der Waals surface area (Å²) < 4.78 is 0. The topological polar surface area (TPSA) is 50.9 Å². The van der Waals surface area contributed by atoms with Crippen LogP contribution in [-0.4, -0.2) is 17.6 Å². The van der Waals surface area contributed by atoms with Gasteiger partial charge in [0, 0.05) is 23.7 Å². The Bertz CT molecular complexity index is 271. The van der Waals surface area contributed by atoms with Gasteiger partial charge in [0.15, 0.2) is 0 Å². The molecule has 0 spiro atoms. The summed E-state index contributed by atoms with van der Waals surface area (Å²) in [5.74, 6) is 0. The molecule has 1 atom stereocenters. The van der Waals surface area contributed by atoms with Crippen molar-refractivity contribution in [3.8, 4) is 0 Å². The molecule has 0 aliphatic heterocycles. The van der Waals surface area contributed by atoms with Crippen LogP contribution in [0.15, 0.2) is 6.20 Å². The van der Waals surface area contributed by atoms with Crippen molar-refractivity contribution in [3.05, 3.63) is 16.1 Å². The zero-order chi connectivity index (χ0) is 11.1. The first-order valence-corrected chi connectivity index (χ1v) is 6.37. The van der Waals surface area contributed by atoms with Crippen LogP contribution in [0.4, 0.5) is 0 Å². The number of unbranched alkanes of at least 4 members (excludes halogenated alkanes) is 1. The minimum atomic E-state index is 0.339. The number of nitrogens with two attached hydrogens (primary N) is 1. The van der Waals surface area contributed by atoms with Crippen LogP contribution < -0.4 is 11.1 Å². The molecule has 1 heterocycles. The Balaban J connectivity index is 1.98. The van der Waals surface area contributed by atoms with E-state index in [0.717, 1.165) is 19.5 Å². The van der Waals surface area contributed by atoms with E-state index in [2.05, 4.69) is 24.1 Å². The summed E-state index contributed by atoms with van der Waals surface area (Å²) >= 11 is 1.76. The molecule has 0 bridgehead atoms. The maximum Gasteiger partial charge on any atom is 0.107 e. The molecule has 0 saturated carbocycles. The molecule has 86 valence electrons. The highest BCUT2D eigenvalue weighted by molar-refractivity contribution is 7.11. The number of hydrogen-bond acceptors (Lipinski definition) is 4. The zero-order valence-corrected chi connectivity index (χ0v) is 10.4. The van der Waals surface area contributed by atoms with Crippen LogP contribution in [0.1, 0.15) is 36.1 Å². The molecular weight excluding hydrogens is 206 g/mol. The van der Waals surface area contributed by atoms with E-state index in [1.54, 1.807) is 11.3 Å². The molecule has 0 aromatic carbocycles. The van der Waals surface area contributed by atoms with Crippen LogP contribution in [0, 0.1) is 6.92 Å². The summed E-state index contributed by atoms with van der Waals surface area (Å²) in [7, 11) is 0. The average molecular weight is 227 g/mol. The van der Waals surface area contributed by atoms with E-state index < -0.39 is 0 Å². The number of thiazole rings is 1. The second kappa shape index (κ2) is 6.93. The lowest BCUT2D eigenvalue weighted by Crippen LogP contribution is -2.17. The predicted octanol–water partition coefficient (Wildman–Crippen LogP) is 2.06. The van der Waals surface area contributed by atoms with Crippen molar-refractivity contribution in [1.29, 1.82) is 0 Å². The van der Waals surface area contributed by atoms with Gasteiger partial charge >= 0.3 is 0 Å². The van der Waals surface area contributed by atoms with Gasteiger partial charge in [-0.3, -0.25) is 0 Å². The molecule has 1 aromatic heterocycles. The Morgan fingerprint density at radius 1 is 1.53 bits per heavy atom. The summed E-state index contributed by atoms with van der Waals surface area (Å²) in [5.41, 5.74) is 5.67. The molecule has 0 radical (unpaired) electrons. The van der Waals surface area contributed by atoms with Gasteiger partial charge in [-0.05, 0) is 33.2 Å². The van der Waals surface area contributed by atoms with Crippen molar-refractivity contribution in [3.63, 3.8) is 0 Å². The molecule has 4 heteroatoms. The van der Waals surface area contributed by atoms with E-state index in [9.17, 15) is 0 Å². The van der Waals surface area contributed by atoms with Crippen LogP contribution in [0.25, 0.3) is 0 Å². The van der Waals surface area contributed by atoms with Gasteiger partial charge in [0.25, 0.3) is 0 Å². The van der Waals surface area contributed by atoms with Crippen LogP contribution in [0.2, 0.25) is 0 Å². The lowest BCUT2D eigenvalue weighted by atomic mass is 10.1. The molecule has 3 nitrogen and oxygen atoms in total. The normalized spacial score (nSPS) is 13.0. The van der Waals surface area contributed by atoms with Crippen molar-refractivity contribution in [1.82, 2.24) is 10.3 Å². The highest BCUT2D eigenvalue weighted by Gasteiger charge is 1.98. The lowest BCUT2D eigenvalue weighted by molar-refractivity contribution is 0.563. The Morgan fingerprint density at radius 2 is 2.33 bits per heavy atom. The number of nitrogens with zero attached hydrogens (tertiary/aromatic N) is 1. The summed E-state index contributed by atoms with van der Waals surface area (Å²) in [6, 6.07) is 0.339. The van der Waals surface area contributed by atoms with E-state index in [0.29, 0.717) is 6.04 Å². The zero-order valence-electron chi connectivity index (χ0n) is 9.62. The van der Waals surface area contributed by atoms with Crippen molar-refractivity contribution in [2.75, 3.05) is 6.54 Å². The van der Waals surface area contributed by atoms with Gasteiger partial charge in [-0.25, -0.2) is 4.98 Å². The minimum Gasteiger partial charge on any atom is -0.328 e. The second-order valence-electron chi connectivity index (χ2n) is 4.01. The number of aryl methyl sites for hydroxylation is 1. The molecule has 0 aliphatic carbocycles. The molecule has 0 aliphatic rings. The lowest BCUT2D eigenvalue weighted by Gasteiger charge is -2.05. The molecule has 3 N–H and O–H groups in total. The summed E-state index contributed by atoms with van der Waals surface area (Å²) in [4.78, 5) is 5.58. The third-order valence-corrected chi connectivity index (χ3v) is 3.12. The highest BCUT2D eigenvalue weighted by atomic mass is 32.1. The first-order chi connectivity index (χ1) is 7.18. The Hall–Kier alpha value is -0.450. The number of nitrogens with one attached hydrogen (secondary N) is 1.